The second-order valence-electron chi connectivity index (χ2n) is 7.45. The average Bonchev–Trinajstić information content (AvgIpc) is 2.81. The van der Waals surface area contributed by atoms with E-state index in [1.54, 1.807) is 0 Å². The highest BCUT2D eigenvalue weighted by Gasteiger charge is 2.48. The molecule has 128 valence electrons. The second kappa shape index (κ2) is 6.89. The molecule has 1 fully saturated rings. The summed E-state index contributed by atoms with van der Waals surface area (Å²) < 4.78 is 0. The van der Waals surface area contributed by atoms with Crippen LogP contribution in [0.25, 0.3) is 0 Å². The van der Waals surface area contributed by atoms with E-state index in [4.69, 9.17) is 0 Å². The van der Waals surface area contributed by atoms with Gasteiger partial charge in [-0.25, -0.2) is 4.90 Å². The van der Waals surface area contributed by atoms with Crippen molar-refractivity contribution in [2.75, 3.05) is 13.7 Å². The summed E-state index contributed by atoms with van der Waals surface area (Å²) in [6, 6.07) is 8.63. The van der Waals surface area contributed by atoms with Crippen LogP contribution in [0.2, 0.25) is 0 Å². The van der Waals surface area contributed by atoms with Gasteiger partial charge in [0, 0.05) is 5.56 Å². The normalized spacial score (nSPS) is 24.6. The molecule has 1 N–H and O–H groups in total. The van der Waals surface area contributed by atoms with Crippen molar-refractivity contribution in [2.24, 2.45) is 11.8 Å². The molecule has 1 aliphatic carbocycles. The van der Waals surface area contributed by atoms with E-state index in [9.17, 15) is 9.59 Å². The molecule has 4 heteroatoms. The number of carbonyl (C=O) groups excluding carboxylic acids is 2. The highest BCUT2D eigenvalue weighted by molar-refractivity contribution is 6.05. The third kappa shape index (κ3) is 3.29. The van der Waals surface area contributed by atoms with E-state index < -0.39 is 0 Å². The number of nitrogens with one attached hydrogen (secondary N) is 1. The van der Waals surface area contributed by atoms with Crippen LogP contribution in [0.5, 0.6) is 0 Å². The van der Waals surface area contributed by atoms with E-state index in [1.165, 1.54) is 16.0 Å². The van der Waals surface area contributed by atoms with Crippen molar-refractivity contribution in [1.82, 2.24) is 4.90 Å². The van der Waals surface area contributed by atoms with Crippen molar-refractivity contribution in [2.45, 2.75) is 39.2 Å². The maximum atomic E-state index is 12.5. The predicted octanol–water partition coefficient (Wildman–Crippen LogP) is 1.73. The number of likely N-dealkylation sites (tertiary alicyclic amines) is 1. The Kier molecular flexibility index (Phi) is 4.86. The molecule has 1 saturated heterocycles. The minimum Gasteiger partial charge on any atom is -0.316 e. The lowest BCUT2D eigenvalue weighted by molar-refractivity contribution is -0.901. The molecule has 0 radical (unpaired) electrons. The van der Waals surface area contributed by atoms with E-state index >= 15 is 0 Å². The summed E-state index contributed by atoms with van der Waals surface area (Å²) in [5, 5.41) is 0. The third-order valence-corrected chi connectivity index (χ3v) is 5.18. The third-order valence-electron chi connectivity index (χ3n) is 5.18. The second-order valence-corrected chi connectivity index (χ2v) is 7.45. The number of nitrogens with zero attached hydrogens (tertiary/aromatic N) is 1. The molecule has 0 spiro atoms. The molecule has 0 saturated carbocycles. The molecule has 0 aromatic heterocycles. The lowest BCUT2D eigenvalue weighted by Crippen LogP contribution is -3.09. The standard InChI is InChI=1S/C20H26N2O2/c1-14(2)16-10-8-15(9-11-16)12-21(3)13-22-19(23)17-6-4-5-7-18(17)20(22)24/h4-5,8-11,14,17-18H,6-7,12-13H2,1-3H3/p+1/t17-,18-/m0/s1. The number of rotatable bonds is 5. The Morgan fingerprint density at radius 1 is 1.04 bits per heavy atom. The van der Waals surface area contributed by atoms with Crippen molar-refractivity contribution < 1.29 is 14.5 Å². The summed E-state index contributed by atoms with van der Waals surface area (Å²) in [7, 11) is 2.04. The van der Waals surface area contributed by atoms with Gasteiger partial charge in [0.2, 0.25) is 11.8 Å². The van der Waals surface area contributed by atoms with E-state index in [1.807, 2.05) is 19.2 Å². The first-order valence-electron chi connectivity index (χ1n) is 8.87. The fourth-order valence-corrected chi connectivity index (χ4v) is 3.72. The minimum atomic E-state index is -0.124. The summed E-state index contributed by atoms with van der Waals surface area (Å²) in [6.45, 7) is 5.64. The molecule has 1 unspecified atom stereocenters. The Morgan fingerprint density at radius 3 is 2.08 bits per heavy atom. The summed E-state index contributed by atoms with van der Waals surface area (Å²) in [5.74, 6) is 0.315. The van der Waals surface area contributed by atoms with Crippen LogP contribution in [-0.4, -0.2) is 30.4 Å². The Balaban J connectivity index is 1.61. The number of carbonyl (C=O) groups is 2. The SMILES string of the molecule is CC(C)c1ccc(C[NH+](C)CN2C(=O)[C@H]3CC=CC[C@@H]3C2=O)cc1. The lowest BCUT2D eigenvalue weighted by Gasteiger charge is -2.21. The maximum Gasteiger partial charge on any atom is 0.237 e. The monoisotopic (exact) mass is 327 g/mol. The summed E-state index contributed by atoms with van der Waals surface area (Å²) in [6.07, 6.45) is 5.48. The summed E-state index contributed by atoms with van der Waals surface area (Å²) in [4.78, 5) is 27.7. The average molecular weight is 327 g/mol. The first kappa shape index (κ1) is 16.9. The molecule has 4 nitrogen and oxygen atoms in total. The zero-order chi connectivity index (χ0) is 17.3. The molecular weight excluding hydrogens is 300 g/mol. The highest BCUT2D eigenvalue weighted by Crippen LogP contribution is 2.34. The van der Waals surface area contributed by atoms with Gasteiger partial charge in [-0.15, -0.1) is 0 Å². The number of fused-ring (bicyclic) bond motifs is 1. The van der Waals surface area contributed by atoms with E-state index in [-0.39, 0.29) is 23.7 Å². The zero-order valence-electron chi connectivity index (χ0n) is 14.8. The zero-order valence-corrected chi connectivity index (χ0v) is 14.8. The number of hydrogen-bond donors (Lipinski definition) is 1. The van der Waals surface area contributed by atoms with E-state index in [0.717, 1.165) is 11.4 Å². The van der Waals surface area contributed by atoms with Crippen LogP contribution in [0.15, 0.2) is 36.4 Å². The Labute approximate surface area is 144 Å². The number of quaternary nitrogens is 1. The number of benzene rings is 1. The van der Waals surface area contributed by atoms with Gasteiger partial charge in [0.1, 0.15) is 6.54 Å². The van der Waals surface area contributed by atoms with Gasteiger partial charge in [-0.3, -0.25) is 9.59 Å². The summed E-state index contributed by atoms with van der Waals surface area (Å²) >= 11 is 0. The number of amides is 2. The molecule has 2 amide bonds. The largest absolute Gasteiger partial charge is 0.316 e. The minimum absolute atomic E-state index is 0.0175. The Bertz CT molecular complexity index is 622. The van der Waals surface area contributed by atoms with Gasteiger partial charge in [0.05, 0.1) is 18.9 Å². The molecule has 0 bridgehead atoms. The van der Waals surface area contributed by atoms with Crippen LogP contribution >= 0.6 is 0 Å². The van der Waals surface area contributed by atoms with Crippen LogP contribution in [0, 0.1) is 11.8 Å². The van der Waals surface area contributed by atoms with Gasteiger partial charge in [0.15, 0.2) is 6.67 Å². The molecule has 2 aliphatic rings. The molecule has 1 aromatic carbocycles. The van der Waals surface area contributed by atoms with Crippen molar-refractivity contribution >= 4 is 11.8 Å². The number of imide groups is 1. The first-order valence-corrected chi connectivity index (χ1v) is 8.87. The van der Waals surface area contributed by atoms with Crippen LogP contribution < -0.4 is 4.90 Å². The van der Waals surface area contributed by atoms with Gasteiger partial charge in [-0.05, 0) is 24.3 Å². The topological polar surface area (TPSA) is 41.8 Å². The van der Waals surface area contributed by atoms with Crippen molar-refractivity contribution in [3.8, 4) is 0 Å². The van der Waals surface area contributed by atoms with E-state index in [0.29, 0.717) is 25.4 Å². The molecule has 3 rings (SSSR count). The molecule has 1 aromatic rings. The van der Waals surface area contributed by atoms with E-state index in [2.05, 4.69) is 38.1 Å². The van der Waals surface area contributed by atoms with Gasteiger partial charge in [-0.2, -0.15) is 0 Å². The summed E-state index contributed by atoms with van der Waals surface area (Å²) in [5.41, 5.74) is 2.56. The van der Waals surface area contributed by atoms with Gasteiger partial charge >= 0.3 is 0 Å². The molecule has 24 heavy (non-hydrogen) atoms. The smallest absolute Gasteiger partial charge is 0.237 e. The van der Waals surface area contributed by atoms with Gasteiger partial charge in [0.25, 0.3) is 0 Å². The lowest BCUT2D eigenvalue weighted by atomic mass is 9.85. The quantitative estimate of drug-likeness (QED) is 0.661. The Morgan fingerprint density at radius 2 is 1.58 bits per heavy atom. The number of hydrogen-bond acceptors (Lipinski definition) is 2. The van der Waals surface area contributed by atoms with Crippen LogP contribution in [0.3, 0.4) is 0 Å². The van der Waals surface area contributed by atoms with Crippen molar-refractivity contribution in [3.63, 3.8) is 0 Å². The van der Waals surface area contributed by atoms with Gasteiger partial charge in [-0.1, -0.05) is 50.3 Å². The first-order chi connectivity index (χ1) is 11.5. The molecular formula is C20H27N2O2+. The number of allylic oxidation sites excluding steroid dienone is 2. The Hall–Kier alpha value is -1.94. The van der Waals surface area contributed by atoms with Crippen LogP contribution in [0.1, 0.15) is 43.7 Å². The van der Waals surface area contributed by atoms with Gasteiger partial charge < -0.3 is 4.90 Å². The fourth-order valence-electron chi connectivity index (χ4n) is 3.72. The van der Waals surface area contributed by atoms with Crippen molar-refractivity contribution in [3.05, 3.63) is 47.5 Å². The molecule has 1 heterocycles. The maximum absolute atomic E-state index is 12.5. The molecule has 3 atom stereocenters. The van der Waals surface area contributed by atoms with Crippen LogP contribution in [0.4, 0.5) is 0 Å². The molecule has 1 aliphatic heterocycles. The predicted molar refractivity (Wildman–Crippen MR) is 93.2 cm³/mol. The van der Waals surface area contributed by atoms with Crippen molar-refractivity contribution in [1.29, 1.82) is 0 Å². The highest BCUT2D eigenvalue weighted by atomic mass is 16.2. The fraction of sp³-hybridized carbons (Fsp3) is 0.500. The van der Waals surface area contributed by atoms with Crippen LogP contribution in [-0.2, 0) is 16.1 Å².